The second-order valence-electron chi connectivity index (χ2n) is 8.41. The van der Waals surface area contributed by atoms with E-state index in [2.05, 4.69) is 22.1 Å². The lowest BCUT2D eigenvalue weighted by molar-refractivity contribution is 0.460. The monoisotopic (exact) mass is 378 g/mol. The standard InChI is InChI=1S/C21H26N6O/c1-25-21(28)27(17-6-7-17)20(24-25)14-8-10-26(11-9-14)19-16(13-22)12-15-4-2-3-5-18(15)23-19/h12,14,17H,2-11H2,1H3. The zero-order chi connectivity index (χ0) is 19.3. The molecule has 3 heterocycles. The third-order valence-corrected chi connectivity index (χ3v) is 6.46. The average molecular weight is 378 g/mol. The highest BCUT2D eigenvalue weighted by molar-refractivity contribution is 5.56. The Bertz CT molecular complexity index is 1000. The Morgan fingerprint density at radius 2 is 1.89 bits per heavy atom. The molecule has 0 unspecified atom stereocenters. The van der Waals surface area contributed by atoms with Crippen LogP contribution < -0.4 is 10.6 Å². The lowest BCUT2D eigenvalue weighted by Crippen LogP contribution is -2.35. The highest BCUT2D eigenvalue weighted by atomic mass is 16.2. The molecule has 1 aliphatic heterocycles. The fourth-order valence-corrected chi connectivity index (χ4v) is 4.75. The molecule has 7 heteroatoms. The van der Waals surface area contributed by atoms with E-state index in [1.807, 2.05) is 4.57 Å². The molecular weight excluding hydrogens is 352 g/mol. The molecule has 0 spiro atoms. The van der Waals surface area contributed by atoms with Gasteiger partial charge in [0.15, 0.2) is 0 Å². The van der Waals surface area contributed by atoms with Crippen LogP contribution in [0.25, 0.3) is 0 Å². The van der Waals surface area contributed by atoms with Crippen LogP contribution in [0, 0.1) is 11.3 Å². The fourth-order valence-electron chi connectivity index (χ4n) is 4.75. The van der Waals surface area contributed by atoms with Crippen LogP contribution in [0.15, 0.2) is 10.9 Å². The predicted octanol–water partition coefficient (Wildman–Crippen LogP) is 2.45. The molecule has 0 bridgehead atoms. The predicted molar refractivity (Wildman–Crippen MR) is 106 cm³/mol. The number of pyridine rings is 1. The van der Waals surface area contributed by atoms with Crippen LogP contribution >= 0.6 is 0 Å². The van der Waals surface area contributed by atoms with Gasteiger partial charge < -0.3 is 4.90 Å². The van der Waals surface area contributed by atoms with Gasteiger partial charge in [0.2, 0.25) is 0 Å². The fraction of sp³-hybridized carbons (Fsp3) is 0.619. The largest absolute Gasteiger partial charge is 0.355 e. The van der Waals surface area contributed by atoms with E-state index < -0.39 is 0 Å². The molecule has 146 valence electrons. The first kappa shape index (κ1) is 17.5. The van der Waals surface area contributed by atoms with E-state index in [0.29, 0.717) is 17.5 Å². The molecule has 5 rings (SSSR count). The molecule has 0 amide bonds. The number of aromatic nitrogens is 4. The van der Waals surface area contributed by atoms with Crippen molar-refractivity contribution in [2.75, 3.05) is 18.0 Å². The zero-order valence-corrected chi connectivity index (χ0v) is 16.4. The maximum absolute atomic E-state index is 12.4. The summed E-state index contributed by atoms with van der Waals surface area (Å²) in [5, 5.41) is 14.2. The molecule has 28 heavy (non-hydrogen) atoms. The van der Waals surface area contributed by atoms with Crippen molar-refractivity contribution in [1.82, 2.24) is 19.3 Å². The average Bonchev–Trinajstić information content (AvgIpc) is 3.52. The third-order valence-electron chi connectivity index (χ3n) is 6.46. The first-order chi connectivity index (χ1) is 13.7. The number of nitriles is 1. The molecule has 3 aliphatic rings. The summed E-state index contributed by atoms with van der Waals surface area (Å²) in [6.07, 6.45) is 8.48. The van der Waals surface area contributed by atoms with Gasteiger partial charge in [0.1, 0.15) is 17.7 Å². The van der Waals surface area contributed by atoms with E-state index in [9.17, 15) is 10.1 Å². The molecule has 2 aliphatic carbocycles. The van der Waals surface area contributed by atoms with Crippen LogP contribution in [0.5, 0.6) is 0 Å². The Balaban J connectivity index is 1.38. The number of anilines is 1. The number of fused-ring (bicyclic) bond motifs is 1. The summed E-state index contributed by atoms with van der Waals surface area (Å²) in [6.45, 7) is 1.70. The number of piperidine rings is 1. The number of hydrogen-bond donors (Lipinski definition) is 0. The van der Waals surface area contributed by atoms with Crippen molar-refractivity contribution in [3.8, 4) is 6.07 Å². The molecule has 7 nitrogen and oxygen atoms in total. The minimum Gasteiger partial charge on any atom is -0.355 e. The highest BCUT2D eigenvalue weighted by Gasteiger charge is 2.34. The molecular formula is C21H26N6O. The topological polar surface area (TPSA) is 79.7 Å². The summed E-state index contributed by atoms with van der Waals surface area (Å²) in [7, 11) is 1.75. The van der Waals surface area contributed by atoms with Crippen molar-refractivity contribution in [3.63, 3.8) is 0 Å². The Morgan fingerprint density at radius 1 is 1.14 bits per heavy atom. The molecule has 0 atom stereocenters. The van der Waals surface area contributed by atoms with Crippen molar-refractivity contribution in [1.29, 1.82) is 5.26 Å². The Kier molecular flexibility index (Phi) is 4.22. The quantitative estimate of drug-likeness (QED) is 0.820. The molecule has 1 saturated carbocycles. The van der Waals surface area contributed by atoms with Crippen LogP contribution in [-0.2, 0) is 19.9 Å². The summed E-state index contributed by atoms with van der Waals surface area (Å²) in [4.78, 5) is 19.6. The van der Waals surface area contributed by atoms with E-state index in [-0.39, 0.29) is 5.69 Å². The molecule has 0 aromatic carbocycles. The van der Waals surface area contributed by atoms with E-state index in [1.165, 1.54) is 28.8 Å². The lowest BCUT2D eigenvalue weighted by atomic mass is 9.93. The van der Waals surface area contributed by atoms with E-state index in [0.717, 1.165) is 63.3 Å². The summed E-state index contributed by atoms with van der Waals surface area (Å²) in [5.74, 6) is 2.10. The maximum Gasteiger partial charge on any atom is 0.345 e. The van der Waals surface area contributed by atoms with Crippen molar-refractivity contribution >= 4 is 5.82 Å². The second kappa shape index (κ2) is 6.77. The molecule has 0 N–H and O–H groups in total. The van der Waals surface area contributed by atoms with Crippen LogP contribution in [0.1, 0.15) is 73.1 Å². The van der Waals surface area contributed by atoms with Gasteiger partial charge in [0, 0.05) is 37.8 Å². The van der Waals surface area contributed by atoms with Gasteiger partial charge >= 0.3 is 5.69 Å². The molecule has 2 fully saturated rings. The van der Waals surface area contributed by atoms with Gasteiger partial charge in [-0.15, -0.1) is 0 Å². The van der Waals surface area contributed by atoms with Crippen molar-refractivity contribution < 1.29 is 0 Å². The highest BCUT2D eigenvalue weighted by Crippen LogP contribution is 2.38. The van der Waals surface area contributed by atoms with Crippen molar-refractivity contribution in [2.45, 2.75) is 63.3 Å². The molecule has 0 radical (unpaired) electrons. The van der Waals surface area contributed by atoms with Gasteiger partial charge in [-0.2, -0.15) is 10.4 Å². The van der Waals surface area contributed by atoms with Gasteiger partial charge in [-0.05, 0) is 63.0 Å². The smallest absolute Gasteiger partial charge is 0.345 e. The van der Waals surface area contributed by atoms with E-state index >= 15 is 0 Å². The number of hydrogen-bond acceptors (Lipinski definition) is 5. The van der Waals surface area contributed by atoms with Gasteiger partial charge in [-0.3, -0.25) is 4.57 Å². The zero-order valence-electron chi connectivity index (χ0n) is 16.4. The van der Waals surface area contributed by atoms with Gasteiger partial charge in [0.05, 0.1) is 5.56 Å². The molecule has 1 saturated heterocycles. The lowest BCUT2D eigenvalue weighted by Gasteiger charge is -2.33. The first-order valence-electron chi connectivity index (χ1n) is 10.5. The van der Waals surface area contributed by atoms with Crippen molar-refractivity contribution in [3.05, 3.63) is 39.2 Å². The molecule has 2 aromatic rings. The summed E-state index contributed by atoms with van der Waals surface area (Å²) in [5.41, 5.74) is 3.15. The summed E-state index contributed by atoms with van der Waals surface area (Å²) < 4.78 is 3.41. The SMILES string of the molecule is Cn1nc(C2CCN(c3nc4c(cc3C#N)CCCC4)CC2)n(C2CC2)c1=O. The van der Waals surface area contributed by atoms with E-state index in [1.54, 1.807) is 7.05 Å². The summed E-state index contributed by atoms with van der Waals surface area (Å²) in [6, 6.07) is 4.77. The van der Waals surface area contributed by atoms with E-state index in [4.69, 9.17) is 4.98 Å². The molecule has 2 aromatic heterocycles. The normalized spacial score (nSPS) is 20.1. The number of nitrogens with zero attached hydrogens (tertiary/aromatic N) is 6. The van der Waals surface area contributed by atoms with Gasteiger partial charge in [-0.1, -0.05) is 0 Å². The third kappa shape index (κ3) is 2.92. The van der Waals surface area contributed by atoms with Crippen LogP contribution in [0.2, 0.25) is 0 Å². The van der Waals surface area contributed by atoms with Gasteiger partial charge in [-0.25, -0.2) is 14.5 Å². The Labute approximate surface area is 164 Å². The first-order valence-corrected chi connectivity index (χ1v) is 10.5. The minimum absolute atomic E-state index is 0.0167. The maximum atomic E-state index is 12.4. The van der Waals surface area contributed by atoms with Crippen LogP contribution in [0.3, 0.4) is 0 Å². The van der Waals surface area contributed by atoms with Gasteiger partial charge in [0.25, 0.3) is 0 Å². The van der Waals surface area contributed by atoms with Crippen LogP contribution in [-0.4, -0.2) is 32.4 Å². The Morgan fingerprint density at radius 3 is 2.61 bits per heavy atom. The summed E-state index contributed by atoms with van der Waals surface area (Å²) >= 11 is 0. The van der Waals surface area contributed by atoms with Crippen molar-refractivity contribution in [2.24, 2.45) is 7.05 Å². The number of aryl methyl sites for hydroxylation is 3. The number of rotatable bonds is 3. The second-order valence-corrected chi connectivity index (χ2v) is 8.41. The Hall–Kier alpha value is -2.62. The minimum atomic E-state index is 0.0167. The van der Waals surface area contributed by atoms with Crippen LogP contribution in [0.4, 0.5) is 5.82 Å².